The summed E-state index contributed by atoms with van der Waals surface area (Å²) in [5.41, 5.74) is 1.06. The van der Waals surface area contributed by atoms with E-state index < -0.39 is 5.97 Å². The summed E-state index contributed by atoms with van der Waals surface area (Å²) in [7, 11) is 0. The molecule has 7 heteroatoms. The zero-order valence-electron chi connectivity index (χ0n) is 14.6. The molecular weight excluding hydrogens is 320 g/mol. The van der Waals surface area contributed by atoms with Crippen molar-refractivity contribution in [2.75, 3.05) is 13.1 Å². The Labute approximate surface area is 145 Å². The fourth-order valence-corrected chi connectivity index (χ4v) is 3.79. The van der Waals surface area contributed by atoms with Crippen LogP contribution >= 0.6 is 0 Å². The SMILES string of the molecule is CC(C)(CC(=N)C(=O)O)N1CCC(n2c(=O)[nH]c3ccccc32)CC1. The van der Waals surface area contributed by atoms with Gasteiger partial charge in [0, 0.05) is 31.1 Å². The number of rotatable bonds is 5. The molecule has 1 fully saturated rings. The molecule has 1 aliphatic rings. The molecule has 1 saturated heterocycles. The minimum absolute atomic E-state index is 0.0773. The fraction of sp³-hybridized carbons (Fsp3) is 0.500. The molecule has 0 bridgehead atoms. The molecule has 0 atom stereocenters. The monoisotopic (exact) mass is 344 g/mol. The Hall–Kier alpha value is -2.41. The van der Waals surface area contributed by atoms with E-state index in [-0.39, 0.29) is 29.4 Å². The third-order valence-corrected chi connectivity index (χ3v) is 5.18. The number of carboxylic acids is 1. The summed E-state index contributed by atoms with van der Waals surface area (Å²) in [6, 6.07) is 7.84. The molecule has 25 heavy (non-hydrogen) atoms. The van der Waals surface area contributed by atoms with Crippen molar-refractivity contribution < 1.29 is 9.90 Å². The van der Waals surface area contributed by atoms with Gasteiger partial charge >= 0.3 is 11.7 Å². The highest BCUT2D eigenvalue weighted by Gasteiger charge is 2.33. The smallest absolute Gasteiger partial charge is 0.349 e. The predicted octanol–water partition coefficient (Wildman–Crippen LogP) is 2.24. The van der Waals surface area contributed by atoms with Crippen LogP contribution in [-0.4, -0.2) is 49.9 Å². The Morgan fingerprint density at radius 2 is 1.96 bits per heavy atom. The van der Waals surface area contributed by atoms with Crippen LogP contribution in [0, 0.1) is 5.41 Å². The van der Waals surface area contributed by atoms with Crippen LogP contribution in [0.2, 0.25) is 0 Å². The number of aromatic amines is 1. The molecule has 2 heterocycles. The second-order valence-corrected chi connectivity index (χ2v) is 7.31. The Bertz CT molecular complexity index is 857. The number of H-pyrrole nitrogens is 1. The van der Waals surface area contributed by atoms with Crippen molar-refractivity contribution >= 4 is 22.7 Å². The van der Waals surface area contributed by atoms with Crippen LogP contribution in [-0.2, 0) is 4.79 Å². The molecule has 0 spiro atoms. The molecule has 1 aliphatic heterocycles. The van der Waals surface area contributed by atoms with Crippen LogP contribution in [0.1, 0.15) is 39.2 Å². The Morgan fingerprint density at radius 1 is 1.32 bits per heavy atom. The zero-order valence-corrected chi connectivity index (χ0v) is 14.6. The fourth-order valence-electron chi connectivity index (χ4n) is 3.79. The van der Waals surface area contributed by atoms with Crippen molar-refractivity contribution in [1.82, 2.24) is 14.5 Å². The van der Waals surface area contributed by atoms with Gasteiger partial charge in [0.1, 0.15) is 5.71 Å². The summed E-state index contributed by atoms with van der Waals surface area (Å²) in [6.45, 7) is 5.50. The maximum atomic E-state index is 12.3. The summed E-state index contributed by atoms with van der Waals surface area (Å²) in [6.07, 6.45) is 1.86. The van der Waals surface area contributed by atoms with Gasteiger partial charge in [-0.3, -0.25) is 14.9 Å². The molecule has 1 aromatic heterocycles. The van der Waals surface area contributed by atoms with Gasteiger partial charge in [-0.15, -0.1) is 0 Å². The number of para-hydroxylation sites is 2. The predicted molar refractivity (Wildman–Crippen MR) is 96.5 cm³/mol. The molecule has 3 N–H and O–H groups in total. The lowest BCUT2D eigenvalue weighted by Gasteiger charge is -2.43. The number of nitrogens with one attached hydrogen (secondary N) is 2. The minimum atomic E-state index is -1.16. The van der Waals surface area contributed by atoms with Crippen LogP contribution in [0.5, 0.6) is 0 Å². The van der Waals surface area contributed by atoms with Gasteiger partial charge in [-0.25, -0.2) is 9.59 Å². The highest BCUT2D eigenvalue weighted by molar-refractivity contribution is 6.34. The maximum Gasteiger partial charge on any atom is 0.349 e. The number of carbonyl (C=O) groups is 1. The third-order valence-electron chi connectivity index (χ3n) is 5.18. The van der Waals surface area contributed by atoms with Gasteiger partial charge in [0.05, 0.1) is 11.0 Å². The van der Waals surface area contributed by atoms with Crippen LogP contribution < -0.4 is 5.69 Å². The number of hydrogen-bond donors (Lipinski definition) is 3. The normalized spacial score (nSPS) is 17.0. The van der Waals surface area contributed by atoms with Crippen molar-refractivity contribution in [3.05, 3.63) is 34.7 Å². The number of piperidine rings is 1. The molecule has 0 radical (unpaired) electrons. The van der Waals surface area contributed by atoms with Crippen molar-refractivity contribution in [3.8, 4) is 0 Å². The highest BCUT2D eigenvalue weighted by Crippen LogP contribution is 2.30. The molecule has 7 nitrogen and oxygen atoms in total. The molecule has 2 aromatic rings. The second-order valence-electron chi connectivity index (χ2n) is 7.31. The van der Waals surface area contributed by atoms with Crippen LogP contribution in [0.4, 0.5) is 0 Å². The van der Waals surface area contributed by atoms with Gasteiger partial charge in [0.25, 0.3) is 0 Å². The molecular formula is C18H24N4O3. The number of fused-ring (bicyclic) bond motifs is 1. The Morgan fingerprint density at radius 3 is 2.60 bits per heavy atom. The van der Waals surface area contributed by atoms with Gasteiger partial charge < -0.3 is 10.1 Å². The van der Waals surface area contributed by atoms with Gasteiger partial charge in [-0.2, -0.15) is 0 Å². The van der Waals surface area contributed by atoms with Gasteiger partial charge in [-0.1, -0.05) is 12.1 Å². The summed E-state index contributed by atoms with van der Waals surface area (Å²) < 4.78 is 1.85. The first-order valence-corrected chi connectivity index (χ1v) is 8.54. The van der Waals surface area contributed by atoms with Gasteiger partial charge in [0.2, 0.25) is 0 Å². The van der Waals surface area contributed by atoms with Crippen molar-refractivity contribution in [1.29, 1.82) is 5.41 Å². The molecule has 0 amide bonds. The van der Waals surface area contributed by atoms with Crippen LogP contribution in [0.3, 0.4) is 0 Å². The number of aromatic nitrogens is 2. The molecule has 0 saturated carbocycles. The number of carboxylic acid groups (broad SMARTS) is 1. The summed E-state index contributed by atoms with van der Waals surface area (Å²) in [5.74, 6) is -1.16. The quantitative estimate of drug-likeness (QED) is 0.724. The minimum Gasteiger partial charge on any atom is -0.477 e. The van der Waals surface area contributed by atoms with Crippen molar-refractivity contribution in [2.24, 2.45) is 0 Å². The molecule has 0 aliphatic carbocycles. The number of imidazole rings is 1. The average molecular weight is 344 g/mol. The van der Waals surface area contributed by atoms with E-state index in [1.54, 1.807) is 0 Å². The van der Waals surface area contributed by atoms with E-state index in [9.17, 15) is 9.59 Å². The van der Waals surface area contributed by atoms with E-state index in [1.807, 2.05) is 42.7 Å². The molecule has 134 valence electrons. The second kappa shape index (κ2) is 6.48. The lowest BCUT2D eigenvalue weighted by molar-refractivity contribution is -0.129. The van der Waals surface area contributed by atoms with Crippen molar-refractivity contribution in [2.45, 2.75) is 44.7 Å². The van der Waals surface area contributed by atoms with E-state index in [0.717, 1.165) is 37.0 Å². The van der Waals surface area contributed by atoms with Crippen LogP contribution in [0.25, 0.3) is 11.0 Å². The van der Waals surface area contributed by atoms with Crippen molar-refractivity contribution in [3.63, 3.8) is 0 Å². The Kier molecular flexibility index (Phi) is 4.51. The summed E-state index contributed by atoms with van der Waals surface area (Å²) in [5, 5.41) is 16.6. The van der Waals surface area contributed by atoms with Gasteiger partial charge in [-0.05, 0) is 38.8 Å². The lowest BCUT2D eigenvalue weighted by Crippen LogP contribution is -2.50. The standard InChI is InChI=1S/C18H24N4O3/c1-18(2,11-13(19)16(23)24)21-9-7-12(8-10-21)22-15-6-4-3-5-14(15)20-17(22)25/h3-6,12,19H,7-11H2,1-2H3,(H,20,25)(H,23,24). The maximum absolute atomic E-state index is 12.3. The van der Waals surface area contributed by atoms with E-state index in [0.29, 0.717) is 0 Å². The van der Waals surface area contributed by atoms with Crippen LogP contribution in [0.15, 0.2) is 29.1 Å². The highest BCUT2D eigenvalue weighted by atomic mass is 16.4. The third kappa shape index (κ3) is 3.37. The first kappa shape index (κ1) is 17.4. The number of hydrogen-bond acceptors (Lipinski definition) is 4. The first-order chi connectivity index (χ1) is 11.8. The number of aliphatic carboxylic acids is 1. The molecule has 0 unspecified atom stereocenters. The largest absolute Gasteiger partial charge is 0.477 e. The average Bonchev–Trinajstić information content (AvgIpc) is 2.90. The first-order valence-electron chi connectivity index (χ1n) is 8.54. The zero-order chi connectivity index (χ0) is 18.2. The number of likely N-dealkylation sites (tertiary alicyclic amines) is 1. The van der Waals surface area contributed by atoms with E-state index in [2.05, 4.69) is 9.88 Å². The van der Waals surface area contributed by atoms with E-state index in [1.165, 1.54) is 0 Å². The number of benzene rings is 1. The summed E-state index contributed by atoms with van der Waals surface area (Å²) >= 11 is 0. The Balaban J connectivity index is 1.73. The molecule has 3 rings (SSSR count). The topological polar surface area (TPSA) is 102 Å². The van der Waals surface area contributed by atoms with E-state index in [4.69, 9.17) is 10.5 Å². The van der Waals surface area contributed by atoms with Gasteiger partial charge in [0.15, 0.2) is 0 Å². The lowest BCUT2D eigenvalue weighted by atomic mass is 9.91. The van der Waals surface area contributed by atoms with E-state index >= 15 is 0 Å². The number of nitrogens with zero attached hydrogens (tertiary/aromatic N) is 2. The molecule has 1 aromatic carbocycles. The summed E-state index contributed by atoms with van der Waals surface area (Å²) in [4.78, 5) is 28.4.